The third-order valence-corrected chi connectivity index (χ3v) is 9.89. The summed E-state index contributed by atoms with van der Waals surface area (Å²) < 4.78 is 18.3. The molecule has 2 fully saturated rings. The molecule has 11 nitrogen and oxygen atoms in total. The molecule has 2 saturated heterocycles. The molecule has 2 N–H and O–H groups in total. The van der Waals surface area contributed by atoms with Crippen LogP contribution < -0.4 is 5.32 Å². The van der Waals surface area contributed by atoms with Gasteiger partial charge in [-0.15, -0.1) is 0 Å². The van der Waals surface area contributed by atoms with Crippen LogP contribution in [0, 0.1) is 11.8 Å². The minimum absolute atomic E-state index is 0.0477. The summed E-state index contributed by atoms with van der Waals surface area (Å²) in [5, 5.41) is 12.4. The molecule has 0 saturated carbocycles. The third kappa shape index (κ3) is 7.03. The van der Waals surface area contributed by atoms with Crippen LogP contribution in [0.4, 0.5) is 0 Å². The second kappa shape index (κ2) is 15.6. The van der Waals surface area contributed by atoms with E-state index >= 15 is 0 Å². The van der Waals surface area contributed by atoms with E-state index < -0.39 is 47.7 Å². The molecule has 0 radical (unpaired) electrons. The Kier molecular flexibility index (Phi) is 11.5. The summed E-state index contributed by atoms with van der Waals surface area (Å²) in [5.74, 6) is -3.30. The number of esters is 1. The molecule has 0 aliphatic carbocycles. The number of methoxy groups -OCH3 is 1. The highest BCUT2D eigenvalue weighted by Crippen LogP contribution is 2.56. The minimum Gasteiger partial charge on any atom is -0.455 e. The van der Waals surface area contributed by atoms with Gasteiger partial charge in [-0.2, -0.15) is 0 Å². The fourth-order valence-corrected chi connectivity index (χ4v) is 7.66. The van der Waals surface area contributed by atoms with Crippen molar-refractivity contribution in [2.24, 2.45) is 11.8 Å². The predicted octanol–water partition coefficient (Wildman–Crippen LogP) is 3.08. The Balaban J connectivity index is 1.58. The van der Waals surface area contributed by atoms with Gasteiger partial charge in [0.05, 0.1) is 24.7 Å². The predicted molar refractivity (Wildman–Crippen MR) is 174 cm³/mol. The number of benzene rings is 1. The molecular formula is C36H49N3O8. The first-order valence-electron chi connectivity index (χ1n) is 17.0. The quantitative estimate of drug-likeness (QED) is 0.212. The van der Waals surface area contributed by atoms with Crippen molar-refractivity contribution in [3.8, 4) is 0 Å². The van der Waals surface area contributed by atoms with Crippen molar-refractivity contribution in [2.75, 3.05) is 33.4 Å². The number of hydrogen-bond acceptors (Lipinski definition) is 8. The van der Waals surface area contributed by atoms with E-state index in [1.54, 1.807) is 15.9 Å². The molecule has 1 unspecified atom stereocenters. The third-order valence-electron chi connectivity index (χ3n) is 9.89. The van der Waals surface area contributed by atoms with E-state index in [9.17, 15) is 24.3 Å². The van der Waals surface area contributed by atoms with Gasteiger partial charge in [0.25, 0.3) is 0 Å². The number of likely N-dealkylation sites (tertiary alicyclic amines) is 1. The smallest absolute Gasteiger partial charge is 0.313 e. The Morgan fingerprint density at radius 2 is 1.87 bits per heavy atom. The first-order chi connectivity index (χ1) is 22.8. The number of aliphatic hydroxyl groups is 1. The van der Waals surface area contributed by atoms with Crippen molar-refractivity contribution < 1.29 is 38.5 Å². The lowest BCUT2D eigenvalue weighted by Crippen LogP contribution is -2.57. The van der Waals surface area contributed by atoms with Gasteiger partial charge in [0, 0.05) is 39.3 Å². The fraction of sp³-hybridized carbons (Fsp3) is 0.611. The van der Waals surface area contributed by atoms with Crippen molar-refractivity contribution in [3.05, 3.63) is 60.2 Å². The lowest BCUT2D eigenvalue weighted by Gasteiger charge is -2.38. The molecule has 1 spiro atoms. The average molecular weight is 652 g/mol. The summed E-state index contributed by atoms with van der Waals surface area (Å²) in [6, 6.07) is 7.41. The summed E-state index contributed by atoms with van der Waals surface area (Å²) in [6.45, 7) is 4.82. The number of hydrogen-bond donors (Lipinski definition) is 2. The van der Waals surface area contributed by atoms with Crippen LogP contribution in [-0.2, 0) is 33.4 Å². The standard InChI is InChI=1S/C36H49N3O8/c1-4-14-24(2)38-20-11-6-10-17-28(41)37-26(23-45-3)31(25-15-8-5-9-16-25)46-35(44)29-27-18-19-36(47-27)30(29)33(42)39(32(36)34(38)43)21-12-7-13-22-40/h5-6,8-9,11,15-16,18-19,24,26-27,29-32,40H,4,7,10,12-14,17,20-23H2,1-3H3,(H,37,41)/b11-6-/t24?,26-,27+,29-,30-,31-,32+,36-/m0/s1. The van der Waals surface area contributed by atoms with Crippen LogP contribution >= 0.6 is 0 Å². The zero-order valence-electron chi connectivity index (χ0n) is 27.7. The maximum absolute atomic E-state index is 14.7. The van der Waals surface area contributed by atoms with E-state index in [1.165, 1.54) is 7.11 Å². The summed E-state index contributed by atoms with van der Waals surface area (Å²) in [7, 11) is 1.52. The number of aliphatic hydroxyl groups excluding tert-OH is 1. The zero-order valence-corrected chi connectivity index (χ0v) is 27.7. The molecule has 47 heavy (non-hydrogen) atoms. The summed E-state index contributed by atoms with van der Waals surface area (Å²) in [5.41, 5.74) is -0.642. The van der Waals surface area contributed by atoms with Crippen LogP contribution in [-0.4, -0.2) is 102 Å². The second-order valence-electron chi connectivity index (χ2n) is 13.1. The molecular weight excluding hydrogens is 602 g/mol. The minimum atomic E-state index is -1.32. The fourth-order valence-electron chi connectivity index (χ4n) is 7.66. The van der Waals surface area contributed by atoms with E-state index in [-0.39, 0.29) is 43.4 Å². The number of fused-ring (bicyclic) bond motifs is 2. The van der Waals surface area contributed by atoms with Crippen molar-refractivity contribution in [1.29, 1.82) is 0 Å². The molecule has 5 bridgehead atoms. The van der Waals surface area contributed by atoms with E-state index in [0.717, 1.165) is 12.8 Å². The average Bonchev–Trinajstić information content (AvgIpc) is 3.70. The zero-order chi connectivity index (χ0) is 33.6. The summed E-state index contributed by atoms with van der Waals surface area (Å²) in [6.07, 6.45) is 9.94. The number of carbonyl (C=O) groups excluding carboxylic acids is 4. The molecule has 0 aromatic heterocycles. The van der Waals surface area contributed by atoms with Gasteiger partial charge in [0.15, 0.2) is 0 Å². The van der Waals surface area contributed by atoms with Crippen molar-refractivity contribution in [2.45, 2.75) is 94.7 Å². The lowest BCUT2D eigenvalue weighted by molar-refractivity contribution is -0.162. The Morgan fingerprint density at radius 3 is 2.60 bits per heavy atom. The Morgan fingerprint density at radius 1 is 1.09 bits per heavy atom. The molecule has 1 aromatic carbocycles. The molecule has 4 aliphatic rings. The van der Waals surface area contributed by atoms with Crippen LogP contribution in [0.3, 0.4) is 0 Å². The maximum atomic E-state index is 14.7. The number of rotatable bonds is 11. The van der Waals surface area contributed by atoms with Crippen LogP contribution in [0.1, 0.15) is 70.5 Å². The van der Waals surface area contributed by atoms with Crippen molar-refractivity contribution >= 4 is 23.7 Å². The van der Waals surface area contributed by atoms with Gasteiger partial charge in [-0.25, -0.2) is 0 Å². The molecule has 1 aromatic rings. The molecule has 3 amide bonds. The van der Waals surface area contributed by atoms with Crippen LogP contribution in [0.2, 0.25) is 0 Å². The molecule has 5 rings (SSSR count). The molecule has 4 heterocycles. The van der Waals surface area contributed by atoms with E-state index in [4.69, 9.17) is 14.2 Å². The van der Waals surface area contributed by atoms with Gasteiger partial charge in [-0.1, -0.05) is 68.0 Å². The van der Waals surface area contributed by atoms with E-state index in [2.05, 4.69) is 12.2 Å². The first kappa shape index (κ1) is 34.8. The maximum Gasteiger partial charge on any atom is 0.313 e. The monoisotopic (exact) mass is 651 g/mol. The topological polar surface area (TPSA) is 135 Å². The van der Waals surface area contributed by atoms with Gasteiger partial charge < -0.3 is 34.4 Å². The molecule has 4 aliphatic heterocycles. The number of unbranched alkanes of at least 4 members (excludes halogenated alkanes) is 2. The highest BCUT2D eigenvalue weighted by atomic mass is 16.6. The van der Waals surface area contributed by atoms with Gasteiger partial charge in [-0.3, -0.25) is 19.2 Å². The second-order valence-corrected chi connectivity index (χ2v) is 13.1. The number of cyclic esters (lactones) is 1. The van der Waals surface area contributed by atoms with E-state index in [0.29, 0.717) is 44.3 Å². The van der Waals surface area contributed by atoms with Gasteiger partial charge >= 0.3 is 5.97 Å². The van der Waals surface area contributed by atoms with Crippen LogP contribution in [0.15, 0.2) is 54.6 Å². The number of nitrogens with one attached hydrogen (secondary N) is 1. The Bertz CT molecular complexity index is 1330. The Labute approximate surface area is 277 Å². The van der Waals surface area contributed by atoms with Crippen molar-refractivity contribution in [3.63, 3.8) is 0 Å². The largest absolute Gasteiger partial charge is 0.455 e. The van der Waals surface area contributed by atoms with Gasteiger partial charge in [0.1, 0.15) is 23.7 Å². The van der Waals surface area contributed by atoms with Crippen molar-refractivity contribution in [1.82, 2.24) is 15.1 Å². The highest BCUT2D eigenvalue weighted by molar-refractivity contribution is 5.99. The number of carbonyl (C=O) groups is 4. The Hall–Kier alpha value is -3.54. The van der Waals surface area contributed by atoms with Crippen LogP contribution in [0.25, 0.3) is 0 Å². The van der Waals surface area contributed by atoms with Gasteiger partial charge in [0.2, 0.25) is 17.7 Å². The first-order valence-corrected chi connectivity index (χ1v) is 17.0. The molecule has 11 heteroatoms. The van der Waals surface area contributed by atoms with E-state index in [1.807, 2.05) is 55.5 Å². The summed E-state index contributed by atoms with van der Waals surface area (Å²) in [4.78, 5) is 60.0. The SMILES string of the molecule is CCCC(C)N1C/C=C\CCC(=O)N[C@@H](COC)[C@H](c2ccccc2)OC(=O)[C@@H]2[C@H]3C(=O)N(CCCCCO)[C@H](C1=O)[C@]31C=C[C@H]2O1. The number of nitrogens with zero attached hydrogens (tertiary/aromatic N) is 2. The molecule has 8 atom stereocenters. The molecule has 256 valence electrons. The summed E-state index contributed by atoms with van der Waals surface area (Å²) >= 11 is 0. The number of allylic oxidation sites excluding steroid dienone is 1. The number of ether oxygens (including phenoxy) is 3. The lowest BCUT2D eigenvalue weighted by atomic mass is 9.74. The van der Waals surface area contributed by atoms with Crippen LogP contribution in [0.5, 0.6) is 0 Å². The normalized spacial score (nSPS) is 32.3. The highest BCUT2D eigenvalue weighted by Gasteiger charge is 2.73. The van der Waals surface area contributed by atoms with Gasteiger partial charge in [-0.05, 0) is 44.6 Å². The number of amides is 3.